The lowest BCUT2D eigenvalue weighted by atomic mass is 9.87. The zero-order chi connectivity index (χ0) is 12.8. The molecule has 18 heavy (non-hydrogen) atoms. The number of likely N-dealkylation sites (tertiary alicyclic amines) is 1. The highest BCUT2D eigenvalue weighted by molar-refractivity contribution is 5.21. The van der Waals surface area contributed by atoms with E-state index in [0.717, 1.165) is 24.9 Å². The minimum Gasteiger partial charge on any atom is -0.385 e. The van der Waals surface area contributed by atoms with Crippen molar-refractivity contribution in [2.45, 2.75) is 44.6 Å². The summed E-state index contributed by atoms with van der Waals surface area (Å²) in [5.41, 5.74) is 0.440. The average Bonchev–Trinajstić information content (AvgIpc) is 2.47. The van der Waals surface area contributed by atoms with Crippen LogP contribution in [-0.4, -0.2) is 24.7 Å². The highest BCUT2D eigenvalue weighted by atomic mass is 16.3. The standard InChI is InChI=1S/C16H25NO/c1-2-16(18,15-9-5-3-6-10-15)11-14-17-12-7-4-8-13-17/h3,5-6,9-10,18H,2,4,7-8,11-14H2,1H3/p+1/t16-/m1/s1. The molecule has 2 N–H and O–H groups in total. The molecule has 0 unspecified atom stereocenters. The Bertz CT molecular complexity index is 345. The van der Waals surface area contributed by atoms with Gasteiger partial charge in [0.2, 0.25) is 0 Å². The third-order valence-corrected chi connectivity index (χ3v) is 4.35. The quantitative estimate of drug-likeness (QED) is 0.815. The van der Waals surface area contributed by atoms with Gasteiger partial charge in [-0.1, -0.05) is 37.3 Å². The molecule has 1 fully saturated rings. The number of piperidine rings is 1. The van der Waals surface area contributed by atoms with Gasteiger partial charge in [0.15, 0.2) is 0 Å². The van der Waals surface area contributed by atoms with Crippen molar-refractivity contribution < 1.29 is 10.0 Å². The highest BCUT2D eigenvalue weighted by Gasteiger charge is 2.29. The second-order valence-electron chi connectivity index (χ2n) is 5.56. The van der Waals surface area contributed by atoms with E-state index in [1.54, 1.807) is 4.90 Å². The molecule has 2 rings (SSSR count). The first-order valence-corrected chi connectivity index (χ1v) is 7.36. The average molecular weight is 248 g/mol. The zero-order valence-corrected chi connectivity index (χ0v) is 11.5. The van der Waals surface area contributed by atoms with Gasteiger partial charge in [-0.05, 0) is 31.2 Å². The SMILES string of the molecule is CC[C@@](O)(CC[NH+]1CCCCC1)c1ccccc1. The molecule has 0 bridgehead atoms. The van der Waals surface area contributed by atoms with Crippen LogP contribution in [0.25, 0.3) is 0 Å². The Balaban J connectivity index is 1.95. The second-order valence-corrected chi connectivity index (χ2v) is 5.56. The molecule has 1 heterocycles. The molecule has 1 aromatic rings. The summed E-state index contributed by atoms with van der Waals surface area (Å²) in [6.45, 7) is 5.75. The van der Waals surface area contributed by atoms with E-state index in [1.165, 1.54) is 32.4 Å². The van der Waals surface area contributed by atoms with Crippen LogP contribution in [0.1, 0.15) is 44.6 Å². The lowest BCUT2D eigenvalue weighted by Crippen LogP contribution is -3.13. The van der Waals surface area contributed by atoms with Crippen LogP contribution in [0, 0.1) is 0 Å². The van der Waals surface area contributed by atoms with Gasteiger partial charge in [0, 0.05) is 6.42 Å². The molecule has 0 saturated carbocycles. The molecule has 2 heteroatoms. The Morgan fingerprint density at radius 3 is 2.39 bits per heavy atom. The molecule has 2 nitrogen and oxygen atoms in total. The van der Waals surface area contributed by atoms with E-state index in [-0.39, 0.29) is 0 Å². The topological polar surface area (TPSA) is 24.7 Å². The van der Waals surface area contributed by atoms with Crippen LogP contribution in [0.2, 0.25) is 0 Å². The van der Waals surface area contributed by atoms with Gasteiger partial charge in [-0.2, -0.15) is 0 Å². The summed E-state index contributed by atoms with van der Waals surface area (Å²) < 4.78 is 0. The van der Waals surface area contributed by atoms with Crippen LogP contribution in [-0.2, 0) is 5.60 Å². The van der Waals surface area contributed by atoms with E-state index in [0.29, 0.717) is 0 Å². The summed E-state index contributed by atoms with van der Waals surface area (Å²) >= 11 is 0. The van der Waals surface area contributed by atoms with Gasteiger partial charge in [-0.15, -0.1) is 0 Å². The van der Waals surface area contributed by atoms with Crippen LogP contribution in [0.4, 0.5) is 0 Å². The molecule has 0 aromatic heterocycles. The van der Waals surface area contributed by atoms with Crippen LogP contribution in [0.3, 0.4) is 0 Å². The first-order chi connectivity index (χ1) is 8.74. The van der Waals surface area contributed by atoms with Crippen molar-refractivity contribution in [3.05, 3.63) is 35.9 Å². The predicted octanol–water partition coefficient (Wildman–Crippen LogP) is 1.74. The number of quaternary nitrogens is 1. The molecule has 0 amide bonds. The molecule has 0 radical (unpaired) electrons. The largest absolute Gasteiger partial charge is 0.385 e. The smallest absolute Gasteiger partial charge is 0.0947 e. The molecular formula is C16H26NO+. The van der Waals surface area contributed by atoms with Gasteiger partial charge < -0.3 is 10.0 Å². The van der Waals surface area contributed by atoms with Crippen molar-refractivity contribution >= 4 is 0 Å². The molecule has 0 spiro atoms. The number of hydrogen-bond acceptors (Lipinski definition) is 1. The Labute approximate surface area is 111 Å². The van der Waals surface area contributed by atoms with E-state index in [9.17, 15) is 5.11 Å². The van der Waals surface area contributed by atoms with Crippen molar-refractivity contribution in [1.29, 1.82) is 0 Å². The van der Waals surface area contributed by atoms with Gasteiger partial charge in [-0.25, -0.2) is 0 Å². The van der Waals surface area contributed by atoms with Gasteiger partial charge in [-0.3, -0.25) is 0 Å². The summed E-state index contributed by atoms with van der Waals surface area (Å²) in [6, 6.07) is 10.1. The van der Waals surface area contributed by atoms with Crippen molar-refractivity contribution in [2.75, 3.05) is 19.6 Å². The summed E-state index contributed by atoms with van der Waals surface area (Å²) in [6.07, 6.45) is 5.77. The molecule has 1 aliphatic rings. The number of nitrogens with one attached hydrogen (secondary N) is 1. The molecule has 1 aliphatic heterocycles. The van der Waals surface area contributed by atoms with Crippen molar-refractivity contribution in [2.24, 2.45) is 0 Å². The molecule has 0 aliphatic carbocycles. The molecular weight excluding hydrogens is 222 g/mol. The fourth-order valence-corrected chi connectivity index (χ4v) is 2.96. The maximum absolute atomic E-state index is 10.8. The van der Waals surface area contributed by atoms with E-state index in [1.807, 2.05) is 18.2 Å². The highest BCUT2D eigenvalue weighted by Crippen LogP contribution is 2.27. The minimum atomic E-state index is -0.633. The zero-order valence-electron chi connectivity index (χ0n) is 11.5. The molecule has 1 atom stereocenters. The Morgan fingerprint density at radius 2 is 1.78 bits per heavy atom. The summed E-state index contributed by atoms with van der Waals surface area (Å²) in [5.74, 6) is 0. The number of aliphatic hydroxyl groups is 1. The summed E-state index contributed by atoms with van der Waals surface area (Å²) in [5, 5.41) is 10.8. The van der Waals surface area contributed by atoms with E-state index in [4.69, 9.17) is 0 Å². The van der Waals surface area contributed by atoms with Crippen molar-refractivity contribution in [3.8, 4) is 0 Å². The molecule has 1 saturated heterocycles. The summed E-state index contributed by atoms with van der Waals surface area (Å²) in [7, 11) is 0. The van der Waals surface area contributed by atoms with E-state index < -0.39 is 5.60 Å². The van der Waals surface area contributed by atoms with Gasteiger partial charge in [0.1, 0.15) is 0 Å². The second kappa shape index (κ2) is 6.35. The maximum Gasteiger partial charge on any atom is 0.0947 e. The third kappa shape index (κ3) is 3.33. The van der Waals surface area contributed by atoms with E-state index in [2.05, 4.69) is 19.1 Å². The summed E-state index contributed by atoms with van der Waals surface area (Å²) in [4.78, 5) is 1.67. The predicted molar refractivity (Wildman–Crippen MR) is 74.7 cm³/mol. The number of benzene rings is 1. The molecule has 100 valence electrons. The fraction of sp³-hybridized carbons (Fsp3) is 0.625. The fourth-order valence-electron chi connectivity index (χ4n) is 2.96. The monoisotopic (exact) mass is 248 g/mol. The first-order valence-electron chi connectivity index (χ1n) is 7.36. The van der Waals surface area contributed by atoms with Crippen molar-refractivity contribution in [1.82, 2.24) is 0 Å². The van der Waals surface area contributed by atoms with Crippen LogP contribution in [0.5, 0.6) is 0 Å². The first kappa shape index (κ1) is 13.6. The molecule has 1 aromatic carbocycles. The van der Waals surface area contributed by atoms with Gasteiger partial charge in [0.05, 0.1) is 25.2 Å². The Hall–Kier alpha value is -0.860. The maximum atomic E-state index is 10.8. The third-order valence-electron chi connectivity index (χ3n) is 4.35. The van der Waals surface area contributed by atoms with Gasteiger partial charge in [0.25, 0.3) is 0 Å². The normalized spacial score (nSPS) is 20.6. The number of rotatable bonds is 5. The van der Waals surface area contributed by atoms with E-state index >= 15 is 0 Å². The Kier molecular flexibility index (Phi) is 4.79. The number of hydrogen-bond donors (Lipinski definition) is 2. The van der Waals surface area contributed by atoms with Gasteiger partial charge >= 0.3 is 0 Å². The minimum absolute atomic E-state index is 0.633. The lowest BCUT2D eigenvalue weighted by molar-refractivity contribution is -0.905. The Morgan fingerprint density at radius 1 is 1.11 bits per heavy atom. The van der Waals surface area contributed by atoms with Crippen LogP contribution < -0.4 is 4.90 Å². The van der Waals surface area contributed by atoms with Crippen molar-refractivity contribution in [3.63, 3.8) is 0 Å². The lowest BCUT2D eigenvalue weighted by Gasteiger charge is -2.31. The van der Waals surface area contributed by atoms with Crippen LogP contribution in [0.15, 0.2) is 30.3 Å². The van der Waals surface area contributed by atoms with Crippen LogP contribution >= 0.6 is 0 Å².